The van der Waals surface area contributed by atoms with Gasteiger partial charge in [0.15, 0.2) is 0 Å². The SMILES string of the molecule is CCc1ccc(-c2cccn2C(=O)OC(C)(C)C)cc1.CCc1ccc(C2=CC=CC2)cc1. The van der Waals surface area contributed by atoms with Crippen LogP contribution in [0, 0.1) is 0 Å². The molecular formula is C30H35NO2. The minimum Gasteiger partial charge on any atom is -0.443 e. The Labute approximate surface area is 198 Å². The molecule has 2 aromatic carbocycles. The van der Waals surface area contributed by atoms with E-state index in [0.717, 1.165) is 30.5 Å². The second-order valence-electron chi connectivity index (χ2n) is 9.17. The van der Waals surface area contributed by atoms with Gasteiger partial charge in [-0.3, -0.25) is 4.57 Å². The van der Waals surface area contributed by atoms with Gasteiger partial charge in [-0.15, -0.1) is 0 Å². The van der Waals surface area contributed by atoms with Crippen molar-refractivity contribution >= 4 is 11.7 Å². The fourth-order valence-corrected chi connectivity index (χ4v) is 3.61. The Hall–Kier alpha value is -3.33. The molecule has 0 spiro atoms. The fraction of sp³-hybridized carbons (Fsp3) is 0.300. The maximum absolute atomic E-state index is 12.2. The molecule has 0 N–H and O–H groups in total. The second-order valence-corrected chi connectivity index (χ2v) is 9.17. The number of carbonyl (C=O) groups excluding carboxylic acids is 1. The van der Waals surface area contributed by atoms with Gasteiger partial charge in [0, 0.05) is 6.20 Å². The van der Waals surface area contributed by atoms with Crippen molar-refractivity contribution in [1.82, 2.24) is 4.57 Å². The molecule has 33 heavy (non-hydrogen) atoms. The Kier molecular flexibility index (Phi) is 8.11. The zero-order valence-electron chi connectivity index (χ0n) is 20.5. The van der Waals surface area contributed by atoms with Crippen molar-refractivity contribution in [2.75, 3.05) is 0 Å². The summed E-state index contributed by atoms with van der Waals surface area (Å²) in [7, 11) is 0. The molecule has 0 amide bonds. The van der Waals surface area contributed by atoms with Crippen LogP contribution in [-0.2, 0) is 17.6 Å². The minimum absolute atomic E-state index is 0.350. The van der Waals surface area contributed by atoms with Crippen LogP contribution in [0.5, 0.6) is 0 Å². The lowest BCUT2D eigenvalue weighted by Gasteiger charge is -2.20. The number of allylic oxidation sites excluding steroid dienone is 4. The van der Waals surface area contributed by atoms with Gasteiger partial charge in [-0.25, -0.2) is 4.79 Å². The van der Waals surface area contributed by atoms with Crippen molar-refractivity contribution in [3.63, 3.8) is 0 Å². The Morgan fingerprint density at radius 1 is 0.879 bits per heavy atom. The largest absolute Gasteiger partial charge is 0.443 e. The molecule has 0 bridgehead atoms. The van der Waals surface area contributed by atoms with Gasteiger partial charge in [0.25, 0.3) is 0 Å². The Morgan fingerprint density at radius 2 is 1.45 bits per heavy atom. The molecule has 4 rings (SSSR count). The van der Waals surface area contributed by atoms with Crippen LogP contribution in [0.2, 0.25) is 0 Å². The van der Waals surface area contributed by atoms with E-state index in [1.165, 1.54) is 22.3 Å². The zero-order valence-corrected chi connectivity index (χ0v) is 20.5. The summed E-state index contributed by atoms with van der Waals surface area (Å²) in [6, 6.07) is 20.9. The number of hydrogen-bond acceptors (Lipinski definition) is 2. The Bertz CT molecular complexity index is 1110. The van der Waals surface area contributed by atoms with Crippen LogP contribution in [0.4, 0.5) is 4.79 Å². The van der Waals surface area contributed by atoms with E-state index >= 15 is 0 Å². The minimum atomic E-state index is -0.495. The van der Waals surface area contributed by atoms with Crippen molar-refractivity contribution in [2.45, 2.75) is 59.5 Å². The predicted octanol–water partition coefficient (Wildman–Crippen LogP) is 8.09. The summed E-state index contributed by atoms with van der Waals surface area (Å²) in [5.41, 5.74) is 6.86. The van der Waals surface area contributed by atoms with Gasteiger partial charge >= 0.3 is 6.09 Å². The molecule has 172 valence electrons. The van der Waals surface area contributed by atoms with Gasteiger partial charge in [0.2, 0.25) is 0 Å². The summed E-state index contributed by atoms with van der Waals surface area (Å²) in [6.45, 7) is 9.90. The van der Waals surface area contributed by atoms with Gasteiger partial charge in [-0.2, -0.15) is 0 Å². The van der Waals surface area contributed by atoms with E-state index in [2.05, 4.69) is 68.5 Å². The molecule has 1 aliphatic rings. The van der Waals surface area contributed by atoms with Crippen LogP contribution in [0.3, 0.4) is 0 Å². The topological polar surface area (TPSA) is 31.2 Å². The zero-order chi connectivity index (χ0) is 23.8. The molecule has 0 unspecified atom stereocenters. The van der Waals surface area contributed by atoms with Gasteiger partial charge in [-0.05, 0) is 80.0 Å². The molecule has 0 saturated carbocycles. The molecule has 3 heteroatoms. The Balaban J connectivity index is 0.000000203. The van der Waals surface area contributed by atoms with Crippen molar-refractivity contribution < 1.29 is 9.53 Å². The monoisotopic (exact) mass is 441 g/mol. The van der Waals surface area contributed by atoms with Crippen LogP contribution in [0.25, 0.3) is 16.8 Å². The third-order valence-electron chi connectivity index (χ3n) is 5.50. The first-order valence-electron chi connectivity index (χ1n) is 11.8. The predicted molar refractivity (Wildman–Crippen MR) is 138 cm³/mol. The lowest BCUT2D eigenvalue weighted by Crippen LogP contribution is -2.27. The first-order chi connectivity index (χ1) is 15.8. The van der Waals surface area contributed by atoms with E-state index < -0.39 is 5.60 Å². The summed E-state index contributed by atoms with van der Waals surface area (Å²) in [5.74, 6) is 0. The van der Waals surface area contributed by atoms with Gasteiger partial charge in [0.1, 0.15) is 5.60 Å². The quantitative estimate of drug-likeness (QED) is 0.409. The van der Waals surface area contributed by atoms with Crippen LogP contribution in [-0.4, -0.2) is 16.3 Å². The van der Waals surface area contributed by atoms with E-state index in [-0.39, 0.29) is 6.09 Å². The molecule has 0 saturated heterocycles. The maximum atomic E-state index is 12.2. The van der Waals surface area contributed by atoms with Crippen molar-refractivity contribution in [3.05, 3.63) is 102 Å². The van der Waals surface area contributed by atoms with Gasteiger partial charge in [-0.1, -0.05) is 80.6 Å². The highest BCUT2D eigenvalue weighted by molar-refractivity contribution is 5.78. The molecule has 0 atom stereocenters. The highest BCUT2D eigenvalue weighted by Gasteiger charge is 2.19. The number of hydrogen-bond donors (Lipinski definition) is 0. The molecule has 0 aliphatic heterocycles. The molecule has 0 fully saturated rings. The van der Waals surface area contributed by atoms with Crippen LogP contribution in [0.15, 0.2) is 85.1 Å². The third-order valence-corrected chi connectivity index (χ3v) is 5.50. The number of nitrogens with zero attached hydrogens (tertiary/aromatic N) is 1. The average molecular weight is 442 g/mol. The van der Waals surface area contributed by atoms with Crippen molar-refractivity contribution in [3.8, 4) is 11.3 Å². The van der Waals surface area contributed by atoms with Gasteiger partial charge in [0.05, 0.1) is 5.69 Å². The number of rotatable bonds is 4. The number of benzene rings is 2. The van der Waals surface area contributed by atoms with Crippen LogP contribution >= 0.6 is 0 Å². The van der Waals surface area contributed by atoms with E-state index in [4.69, 9.17) is 4.74 Å². The fourth-order valence-electron chi connectivity index (χ4n) is 3.61. The number of ether oxygens (including phenoxy) is 1. The summed E-state index contributed by atoms with van der Waals surface area (Å²) in [6.07, 6.45) is 11.1. The summed E-state index contributed by atoms with van der Waals surface area (Å²) >= 11 is 0. The first kappa shape index (κ1) is 24.3. The summed E-state index contributed by atoms with van der Waals surface area (Å²) in [4.78, 5) is 12.2. The molecule has 0 radical (unpaired) electrons. The van der Waals surface area contributed by atoms with Crippen molar-refractivity contribution in [1.29, 1.82) is 0 Å². The molecule has 1 heterocycles. The third kappa shape index (κ3) is 6.82. The first-order valence-corrected chi connectivity index (χ1v) is 11.8. The lowest BCUT2D eigenvalue weighted by molar-refractivity contribution is 0.0540. The lowest BCUT2D eigenvalue weighted by atomic mass is 10.0. The molecule has 3 nitrogen and oxygen atoms in total. The highest BCUT2D eigenvalue weighted by Crippen LogP contribution is 2.24. The van der Waals surface area contributed by atoms with E-state index in [1.54, 1.807) is 10.8 Å². The number of carbonyl (C=O) groups is 1. The van der Waals surface area contributed by atoms with Crippen molar-refractivity contribution in [2.24, 2.45) is 0 Å². The van der Waals surface area contributed by atoms with E-state index in [9.17, 15) is 4.79 Å². The van der Waals surface area contributed by atoms with E-state index in [1.807, 2.05) is 45.0 Å². The normalized spacial score (nSPS) is 12.7. The summed E-state index contributed by atoms with van der Waals surface area (Å²) in [5, 5.41) is 0. The number of aryl methyl sites for hydroxylation is 2. The molecule has 1 aromatic heterocycles. The molecule has 1 aliphatic carbocycles. The number of aromatic nitrogens is 1. The van der Waals surface area contributed by atoms with Crippen LogP contribution in [0.1, 0.15) is 57.7 Å². The smallest absolute Gasteiger partial charge is 0.418 e. The maximum Gasteiger partial charge on any atom is 0.418 e. The van der Waals surface area contributed by atoms with E-state index in [0.29, 0.717) is 0 Å². The van der Waals surface area contributed by atoms with Crippen LogP contribution < -0.4 is 0 Å². The molecular weight excluding hydrogens is 406 g/mol. The average Bonchev–Trinajstić information content (AvgIpc) is 3.51. The summed E-state index contributed by atoms with van der Waals surface area (Å²) < 4.78 is 6.96. The standard InChI is InChI=1S/C17H21NO2.C13H14/c1-5-13-8-10-14(11-9-13)15-7-6-12-18(15)16(19)20-17(2,3)4;1-2-11-7-9-13(10-8-11)12-5-3-4-6-12/h6-12H,5H2,1-4H3;3-5,7-10H,2,6H2,1H3. The second kappa shape index (κ2) is 11.0. The Morgan fingerprint density at radius 3 is 1.94 bits per heavy atom. The van der Waals surface area contributed by atoms with Gasteiger partial charge < -0.3 is 4.74 Å². The highest BCUT2D eigenvalue weighted by atomic mass is 16.6. The molecule has 3 aromatic rings.